The Kier molecular flexibility index (Phi) is 6.47. The highest BCUT2D eigenvalue weighted by atomic mass is 32.2. The van der Waals surface area contributed by atoms with E-state index in [1.807, 2.05) is 11.8 Å². The van der Waals surface area contributed by atoms with Crippen molar-refractivity contribution in [2.24, 2.45) is 11.7 Å². The molecule has 0 radical (unpaired) electrons. The van der Waals surface area contributed by atoms with Crippen LogP contribution in [0.25, 0.3) is 0 Å². The van der Waals surface area contributed by atoms with Crippen molar-refractivity contribution >= 4 is 23.1 Å². The Morgan fingerprint density at radius 2 is 2.12 bits per heavy atom. The topological polar surface area (TPSA) is 26.0 Å². The number of rotatable bonds is 7. The molecule has 0 bridgehead atoms. The zero-order valence-corrected chi connectivity index (χ0v) is 12.1. The van der Waals surface area contributed by atoms with Crippen molar-refractivity contribution in [1.29, 1.82) is 0 Å². The minimum Gasteiger partial charge on any atom is -0.326 e. The molecule has 0 spiro atoms. The highest BCUT2D eigenvalue weighted by Crippen LogP contribution is 2.35. The van der Waals surface area contributed by atoms with E-state index in [1.54, 1.807) is 11.3 Å². The maximum absolute atomic E-state index is 6.22. The van der Waals surface area contributed by atoms with Crippen LogP contribution in [0.2, 0.25) is 0 Å². The molecular weight excluding hydrogens is 234 g/mol. The Hall–Kier alpha value is 0.01000. The molecule has 0 fully saturated rings. The predicted molar refractivity (Wildman–Crippen MR) is 77.2 cm³/mol. The number of nitrogens with two attached hydrogens (primary N) is 1. The fourth-order valence-corrected chi connectivity index (χ4v) is 3.84. The molecule has 0 aromatic carbocycles. The molecule has 1 rings (SSSR count). The molecule has 2 N–H and O–H groups in total. The molecule has 0 aliphatic heterocycles. The van der Waals surface area contributed by atoms with Gasteiger partial charge < -0.3 is 5.73 Å². The lowest BCUT2D eigenvalue weighted by Gasteiger charge is -2.23. The molecule has 16 heavy (non-hydrogen) atoms. The minimum atomic E-state index is 0.281. The Labute approximate surface area is 108 Å². The Bertz CT molecular complexity index is 271. The van der Waals surface area contributed by atoms with Crippen molar-refractivity contribution in [3.63, 3.8) is 0 Å². The van der Waals surface area contributed by atoms with Crippen molar-refractivity contribution in [3.05, 3.63) is 22.4 Å². The van der Waals surface area contributed by atoms with Crippen LogP contribution in [0.3, 0.4) is 0 Å². The summed E-state index contributed by atoms with van der Waals surface area (Å²) in [5.41, 5.74) is 7.63. The van der Waals surface area contributed by atoms with Gasteiger partial charge in [0, 0.05) is 11.3 Å². The fraction of sp³-hybridized carbons (Fsp3) is 0.692. The summed E-state index contributed by atoms with van der Waals surface area (Å²) in [6.07, 6.45) is 2.30. The zero-order valence-electron chi connectivity index (χ0n) is 10.5. The monoisotopic (exact) mass is 257 g/mol. The third-order valence-electron chi connectivity index (χ3n) is 2.99. The van der Waals surface area contributed by atoms with Crippen molar-refractivity contribution in [2.45, 2.75) is 44.9 Å². The first-order valence-electron chi connectivity index (χ1n) is 6.08. The number of hydrogen-bond donors (Lipinski definition) is 1. The van der Waals surface area contributed by atoms with Gasteiger partial charge in [0.25, 0.3) is 0 Å². The summed E-state index contributed by atoms with van der Waals surface area (Å²) in [6, 6.07) is 2.50. The summed E-state index contributed by atoms with van der Waals surface area (Å²) < 4.78 is 0. The van der Waals surface area contributed by atoms with Gasteiger partial charge in [-0.25, -0.2) is 0 Å². The van der Waals surface area contributed by atoms with Gasteiger partial charge in [0.05, 0.1) is 0 Å². The normalized spacial score (nSPS) is 17.0. The SMILES string of the molecule is CCC(C)CSC(c1ccsc1)C(N)CC. The average molecular weight is 257 g/mol. The van der Waals surface area contributed by atoms with Gasteiger partial charge in [0.2, 0.25) is 0 Å². The number of thioether (sulfide) groups is 1. The number of thiophene rings is 1. The third kappa shape index (κ3) is 4.11. The zero-order chi connectivity index (χ0) is 12.0. The van der Waals surface area contributed by atoms with Crippen molar-refractivity contribution in [3.8, 4) is 0 Å². The van der Waals surface area contributed by atoms with Crippen molar-refractivity contribution in [1.82, 2.24) is 0 Å². The summed E-state index contributed by atoms with van der Waals surface area (Å²) in [6.45, 7) is 6.74. The molecule has 1 heterocycles. The highest BCUT2D eigenvalue weighted by molar-refractivity contribution is 7.99. The van der Waals surface area contributed by atoms with E-state index in [0.717, 1.165) is 12.3 Å². The summed E-state index contributed by atoms with van der Waals surface area (Å²) in [5.74, 6) is 2.00. The van der Waals surface area contributed by atoms with Crippen LogP contribution in [0, 0.1) is 5.92 Å². The molecule has 0 aliphatic carbocycles. The quantitative estimate of drug-likeness (QED) is 0.788. The second-order valence-corrected chi connectivity index (χ2v) is 6.35. The van der Waals surface area contributed by atoms with E-state index in [1.165, 1.54) is 17.7 Å². The van der Waals surface area contributed by atoms with E-state index in [0.29, 0.717) is 5.25 Å². The minimum absolute atomic E-state index is 0.281. The van der Waals surface area contributed by atoms with Crippen LogP contribution in [0.4, 0.5) is 0 Å². The van der Waals surface area contributed by atoms with Crippen molar-refractivity contribution in [2.75, 3.05) is 5.75 Å². The van der Waals surface area contributed by atoms with Crippen LogP contribution in [0.1, 0.15) is 44.4 Å². The molecule has 0 amide bonds. The van der Waals surface area contributed by atoms with Crippen LogP contribution in [0.5, 0.6) is 0 Å². The first-order chi connectivity index (χ1) is 7.69. The lowest BCUT2D eigenvalue weighted by Crippen LogP contribution is -2.26. The Morgan fingerprint density at radius 1 is 1.38 bits per heavy atom. The lowest BCUT2D eigenvalue weighted by atomic mass is 10.1. The lowest BCUT2D eigenvalue weighted by molar-refractivity contribution is 0.616. The summed E-state index contributed by atoms with van der Waals surface area (Å²) in [5, 5.41) is 4.86. The molecule has 92 valence electrons. The third-order valence-corrected chi connectivity index (χ3v) is 5.43. The molecule has 0 saturated carbocycles. The maximum atomic E-state index is 6.22. The van der Waals surface area contributed by atoms with Gasteiger partial charge in [-0.3, -0.25) is 0 Å². The first kappa shape index (κ1) is 14.1. The number of hydrogen-bond acceptors (Lipinski definition) is 3. The molecule has 0 aliphatic rings. The van der Waals surface area contributed by atoms with Gasteiger partial charge in [-0.1, -0.05) is 27.2 Å². The first-order valence-corrected chi connectivity index (χ1v) is 8.07. The van der Waals surface area contributed by atoms with Gasteiger partial charge >= 0.3 is 0 Å². The molecule has 3 unspecified atom stereocenters. The average Bonchev–Trinajstić information content (AvgIpc) is 2.82. The van der Waals surface area contributed by atoms with E-state index >= 15 is 0 Å². The predicted octanol–water partition coefficient (Wildman–Crippen LogP) is 4.31. The smallest absolute Gasteiger partial charge is 0.0456 e. The van der Waals surface area contributed by atoms with Crippen LogP contribution in [0.15, 0.2) is 16.8 Å². The van der Waals surface area contributed by atoms with Gasteiger partial charge in [0.1, 0.15) is 0 Å². The van der Waals surface area contributed by atoms with Gasteiger partial charge in [-0.05, 0) is 40.5 Å². The molecule has 1 nitrogen and oxygen atoms in total. The van der Waals surface area contributed by atoms with Gasteiger partial charge in [0.15, 0.2) is 0 Å². The van der Waals surface area contributed by atoms with Crippen LogP contribution in [-0.2, 0) is 0 Å². The second kappa shape index (κ2) is 7.36. The second-order valence-electron chi connectivity index (χ2n) is 4.40. The van der Waals surface area contributed by atoms with Crippen LogP contribution < -0.4 is 5.73 Å². The molecule has 0 saturated heterocycles. The molecular formula is C13H23NS2. The van der Waals surface area contributed by atoms with Crippen molar-refractivity contribution < 1.29 is 0 Å². The van der Waals surface area contributed by atoms with E-state index < -0.39 is 0 Å². The summed E-state index contributed by atoms with van der Waals surface area (Å²) in [7, 11) is 0. The van der Waals surface area contributed by atoms with Crippen LogP contribution >= 0.6 is 23.1 Å². The molecule has 1 aromatic heterocycles. The summed E-state index contributed by atoms with van der Waals surface area (Å²) >= 11 is 3.79. The Morgan fingerprint density at radius 3 is 2.62 bits per heavy atom. The largest absolute Gasteiger partial charge is 0.326 e. The molecule has 3 heteroatoms. The van der Waals surface area contributed by atoms with E-state index in [2.05, 4.69) is 37.6 Å². The van der Waals surface area contributed by atoms with E-state index in [9.17, 15) is 0 Å². The van der Waals surface area contributed by atoms with Gasteiger partial charge in [-0.15, -0.1) is 0 Å². The Balaban J connectivity index is 2.58. The summed E-state index contributed by atoms with van der Waals surface area (Å²) in [4.78, 5) is 0. The van der Waals surface area contributed by atoms with E-state index in [-0.39, 0.29) is 6.04 Å². The fourth-order valence-electron chi connectivity index (χ4n) is 1.50. The van der Waals surface area contributed by atoms with Gasteiger partial charge in [-0.2, -0.15) is 23.1 Å². The molecule has 3 atom stereocenters. The highest BCUT2D eigenvalue weighted by Gasteiger charge is 2.19. The van der Waals surface area contributed by atoms with Crippen LogP contribution in [-0.4, -0.2) is 11.8 Å². The standard InChI is InChI=1S/C13H23NS2/c1-4-10(3)8-16-13(12(14)5-2)11-6-7-15-9-11/h6-7,9-10,12-13H,4-5,8,14H2,1-3H3. The maximum Gasteiger partial charge on any atom is 0.0456 e. The molecule has 1 aromatic rings. The van der Waals surface area contributed by atoms with E-state index in [4.69, 9.17) is 5.73 Å².